The Labute approximate surface area is 166 Å². The van der Waals surface area contributed by atoms with Crippen molar-refractivity contribution < 1.29 is 9.59 Å². The Bertz CT molecular complexity index is 812. The SMILES string of the molecule is CC1CC(C)CN(C(=O)c2ccccc2NC(=O)CC(N)c2ccccc2)C1. The number of benzene rings is 2. The van der Waals surface area contributed by atoms with Gasteiger partial charge in [-0.1, -0.05) is 56.3 Å². The fourth-order valence-corrected chi connectivity index (χ4v) is 4.00. The third-order valence-corrected chi connectivity index (χ3v) is 5.22. The predicted molar refractivity (Wildman–Crippen MR) is 112 cm³/mol. The summed E-state index contributed by atoms with van der Waals surface area (Å²) in [5.41, 5.74) is 8.15. The number of piperidine rings is 1. The topological polar surface area (TPSA) is 75.4 Å². The lowest BCUT2D eigenvalue weighted by atomic mass is 9.91. The van der Waals surface area contributed by atoms with Gasteiger partial charge in [0.25, 0.3) is 5.91 Å². The minimum Gasteiger partial charge on any atom is -0.338 e. The third-order valence-electron chi connectivity index (χ3n) is 5.22. The summed E-state index contributed by atoms with van der Waals surface area (Å²) in [6.45, 7) is 5.86. The van der Waals surface area contributed by atoms with Crippen molar-refractivity contribution in [3.8, 4) is 0 Å². The summed E-state index contributed by atoms with van der Waals surface area (Å²) in [5.74, 6) is 0.746. The van der Waals surface area contributed by atoms with Crippen LogP contribution in [-0.4, -0.2) is 29.8 Å². The van der Waals surface area contributed by atoms with Crippen LogP contribution in [0.1, 0.15) is 48.7 Å². The molecule has 1 aliphatic heterocycles. The molecule has 28 heavy (non-hydrogen) atoms. The van der Waals surface area contributed by atoms with Crippen molar-refractivity contribution in [2.45, 2.75) is 32.7 Å². The second-order valence-corrected chi connectivity index (χ2v) is 7.97. The monoisotopic (exact) mass is 379 g/mol. The molecule has 0 aromatic heterocycles. The largest absolute Gasteiger partial charge is 0.338 e. The number of hydrogen-bond donors (Lipinski definition) is 2. The van der Waals surface area contributed by atoms with E-state index in [1.807, 2.05) is 47.4 Å². The first kappa shape index (κ1) is 20.1. The van der Waals surface area contributed by atoms with Crippen molar-refractivity contribution in [3.05, 3.63) is 65.7 Å². The molecule has 1 heterocycles. The first-order chi connectivity index (χ1) is 13.4. The average molecular weight is 380 g/mol. The molecule has 2 aromatic rings. The molecule has 1 fully saturated rings. The lowest BCUT2D eigenvalue weighted by Crippen LogP contribution is -2.42. The number of nitrogens with zero attached hydrogens (tertiary/aromatic N) is 1. The Morgan fingerprint density at radius 2 is 1.64 bits per heavy atom. The van der Waals surface area contributed by atoms with Gasteiger partial charge in [0.2, 0.25) is 5.91 Å². The molecule has 1 saturated heterocycles. The van der Waals surface area contributed by atoms with Gasteiger partial charge in [0, 0.05) is 25.6 Å². The van der Waals surface area contributed by atoms with Crippen molar-refractivity contribution in [1.29, 1.82) is 0 Å². The number of amides is 2. The summed E-state index contributed by atoms with van der Waals surface area (Å²) in [5, 5.41) is 2.89. The van der Waals surface area contributed by atoms with Crippen LogP contribution in [0.25, 0.3) is 0 Å². The van der Waals surface area contributed by atoms with Crippen LogP contribution in [0.5, 0.6) is 0 Å². The number of anilines is 1. The van der Waals surface area contributed by atoms with E-state index < -0.39 is 0 Å². The lowest BCUT2D eigenvalue weighted by Gasteiger charge is -2.35. The second-order valence-electron chi connectivity index (χ2n) is 7.97. The van der Waals surface area contributed by atoms with Crippen molar-refractivity contribution in [1.82, 2.24) is 4.90 Å². The van der Waals surface area contributed by atoms with Crippen LogP contribution in [-0.2, 0) is 4.79 Å². The van der Waals surface area contributed by atoms with Gasteiger partial charge in [0.1, 0.15) is 0 Å². The number of carbonyl (C=O) groups excluding carboxylic acids is 2. The maximum absolute atomic E-state index is 13.1. The fraction of sp³-hybridized carbons (Fsp3) is 0.391. The zero-order valence-electron chi connectivity index (χ0n) is 16.6. The molecule has 0 spiro atoms. The number of carbonyl (C=O) groups is 2. The Hall–Kier alpha value is -2.66. The highest BCUT2D eigenvalue weighted by Gasteiger charge is 2.27. The minimum atomic E-state index is -0.382. The number of likely N-dealkylation sites (tertiary alicyclic amines) is 1. The number of nitrogens with one attached hydrogen (secondary N) is 1. The Morgan fingerprint density at radius 3 is 2.32 bits per heavy atom. The zero-order chi connectivity index (χ0) is 20.1. The average Bonchev–Trinajstić information content (AvgIpc) is 2.67. The van der Waals surface area contributed by atoms with Crippen LogP contribution in [0.3, 0.4) is 0 Å². The highest BCUT2D eigenvalue weighted by atomic mass is 16.2. The van der Waals surface area contributed by atoms with Crippen LogP contribution in [0, 0.1) is 11.8 Å². The molecular weight excluding hydrogens is 350 g/mol. The van der Waals surface area contributed by atoms with Crippen LogP contribution in [0.4, 0.5) is 5.69 Å². The summed E-state index contributed by atoms with van der Waals surface area (Å²) in [4.78, 5) is 27.5. The first-order valence-electron chi connectivity index (χ1n) is 9.92. The van der Waals surface area contributed by atoms with Gasteiger partial charge in [0.05, 0.1) is 11.3 Å². The van der Waals surface area contributed by atoms with Gasteiger partial charge in [-0.2, -0.15) is 0 Å². The normalized spacial score (nSPS) is 20.5. The molecule has 3 unspecified atom stereocenters. The van der Waals surface area contributed by atoms with E-state index in [0.29, 0.717) is 23.1 Å². The Kier molecular flexibility index (Phi) is 6.47. The van der Waals surface area contributed by atoms with Crippen LogP contribution in [0.15, 0.2) is 54.6 Å². The zero-order valence-corrected chi connectivity index (χ0v) is 16.6. The Balaban J connectivity index is 1.69. The van der Waals surface area contributed by atoms with Gasteiger partial charge >= 0.3 is 0 Å². The van der Waals surface area contributed by atoms with Gasteiger partial charge in [0.15, 0.2) is 0 Å². The molecule has 0 bridgehead atoms. The molecule has 148 valence electrons. The van der Waals surface area contributed by atoms with Gasteiger partial charge < -0.3 is 16.0 Å². The molecule has 3 atom stereocenters. The van der Waals surface area contributed by atoms with E-state index in [1.54, 1.807) is 12.1 Å². The predicted octanol–water partition coefficient (Wildman–Crippen LogP) is 3.83. The summed E-state index contributed by atoms with van der Waals surface area (Å²) in [7, 11) is 0. The summed E-state index contributed by atoms with van der Waals surface area (Å²) >= 11 is 0. The highest BCUT2D eigenvalue weighted by Crippen LogP contribution is 2.25. The smallest absolute Gasteiger partial charge is 0.255 e. The van der Waals surface area contributed by atoms with Crippen LogP contribution >= 0.6 is 0 Å². The fourth-order valence-electron chi connectivity index (χ4n) is 4.00. The van der Waals surface area contributed by atoms with Crippen molar-refractivity contribution in [2.75, 3.05) is 18.4 Å². The molecular formula is C23H29N3O2. The van der Waals surface area contributed by atoms with Crippen molar-refractivity contribution in [3.63, 3.8) is 0 Å². The molecule has 5 nitrogen and oxygen atoms in total. The molecule has 3 N–H and O–H groups in total. The van der Waals surface area contributed by atoms with Gasteiger partial charge in [-0.15, -0.1) is 0 Å². The number of para-hydroxylation sites is 1. The second kappa shape index (κ2) is 9.02. The van der Waals surface area contributed by atoms with E-state index >= 15 is 0 Å². The summed E-state index contributed by atoms with van der Waals surface area (Å²) < 4.78 is 0. The van der Waals surface area contributed by atoms with Gasteiger partial charge in [-0.05, 0) is 36.0 Å². The quantitative estimate of drug-likeness (QED) is 0.829. The van der Waals surface area contributed by atoms with Crippen LogP contribution < -0.4 is 11.1 Å². The molecule has 1 aliphatic rings. The third kappa shape index (κ3) is 4.98. The molecule has 0 saturated carbocycles. The van der Waals surface area contributed by atoms with E-state index in [4.69, 9.17) is 5.73 Å². The summed E-state index contributed by atoms with van der Waals surface area (Å²) in [6, 6.07) is 16.4. The first-order valence-corrected chi connectivity index (χ1v) is 9.92. The van der Waals surface area contributed by atoms with E-state index in [-0.39, 0.29) is 24.3 Å². The standard InChI is InChI=1S/C23H29N3O2/c1-16-12-17(2)15-26(14-16)23(28)19-10-6-7-11-21(19)25-22(27)13-20(24)18-8-4-3-5-9-18/h3-11,16-17,20H,12-15,24H2,1-2H3,(H,25,27). The van der Waals surface area contributed by atoms with Crippen molar-refractivity contribution >= 4 is 17.5 Å². The van der Waals surface area contributed by atoms with E-state index in [1.165, 1.54) is 0 Å². The molecule has 3 rings (SSSR count). The Morgan fingerprint density at radius 1 is 1.04 bits per heavy atom. The summed E-state index contributed by atoms with van der Waals surface area (Å²) in [6.07, 6.45) is 1.30. The molecule has 2 amide bonds. The number of rotatable bonds is 5. The van der Waals surface area contributed by atoms with E-state index in [2.05, 4.69) is 19.2 Å². The van der Waals surface area contributed by atoms with E-state index in [9.17, 15) is 9.59 Å². The van der Waals surface area contributed by atoms with Gasteiger partial charge in [-0.3, -0.25) is 9.59 Å². The molecule has 0 radical (unpaired) electrons. The van der Waals surface area contributed by atoms with E-state index in [0.717, 1.165) is 25.1 Å². The lowest BCUT2D eigenvalue weighted by molar-refractivity contribution is -0.116. The highest BCUT2D eigenvalue weighted by molar-refractivity contribution is 6.03. The van der Waals surface area contributed by atoms with Crippen LogP contribution in [0.2, 0.25) is 0 Å². The minimum absolute atomic E-state index is 0.0262. The molecule has 5 heteroatoms. The number of hydrogen-bond acceptors (Lipinski definition) is 3. The molecule has 0 aliphatic carbocycles. The maximum Gasteiger partial charge on any atom is 0.255 e. The number of nitrogens with two attached hydrogens (primary N) is 1. The van der Waals surface area contributed by atoms with Gasteiger partial charge in [-0.25, -0.2) is 0 Å². The maximum atomic E-state index is 13.1. The molecule has 2 aromatic carbocycles. The van der Waals surface area contributed by atoms with Crippen molar-refractivity contribution in [2.24, 2.45) is 17.6 Å².